The Bertz CT molecular complexity index is 510. The number of allylic oxidation sites excluding steroid dienone is 2. The molecule has 4 atom stereocenters. The highest BCUT2D eigenvalue weighted by atomic mass is 16.4. The molecule has 2 N–H and O–H groups in total. The Morgan fingerprint density at radius 2 is 1.78 bits per heavy atom. The van der Waals surface area contributed by atoms with Crippen LogP contribution in [0.1, 0.15) is 6.42 Å². The quantitative estimate of drug-likeness (QED) is 0.726. The minimum Gasteiger partial charge on any atom is -0.481 e. The highest BCUT2D eigenvalue weighted by Crippen LogP contribution is 2.48. The average molecular weight is 248 g/mol. The monoisotopic (exact) mass is 248 g/mol. The zero-order valence-corrected chi connectivity index (χ0v) is 9.43. The zero-order chi connectivity index (χ0) is 12.7. The number of fused-ring (bicyclic) bond motifs is 2. The SMILES string of the molecule is O=C(Nn1cnnc1)[C@@H]1[C@@H](C(=O)O)[C@H]2C=C[C@@H]1C2. The Morgan fingerprint density at radius 1 is 1.17 bits per heavy atom. The Morgan fingerprint density at radius 3 is 2.39 bits per heavy atom. The fraction of sp³-hybridized carbons (Fsp3) is 0.455. The first-order valence-electron chi connectivity index (χ1n) is 5.73. The number of nitrogens with one attached hydrogen (secondary N) is 1. The molecule has 0 unspecified atom stereocenters. The van der Waals surface area contributed by atoms with Crippen LogP contribution in [0.5, 0.6) is 0 Å². The van der Waals surface area contributed by atoms with Crippen molar-refractivity contribution in [3.63, 3.8) is 0 Å². The van der Waals surface area contributed by atoms with Crippen molar-refractivity contribution in [2.45, 2.75) is 6.42 Å². The molecule has 94 valence electrons. The van der Waals surface area contributed by atoms with Gasteiger partial charge in [-0.3, -0.25) is 15.0 Å². The van der Waals surface area contributed by atoms with Crippen LogP contribution < -0.4 is 5.43 Å². The van der Waals surface area contributed by atoms with Gasteiger partial charge in [-0.05, 0) is 18.3 Å². The van der Waals surface area contributed by atoms with Crippen LogP contribution in [0.4, 0.5) is 0 Å². The smallest absolute Gasteiger partial charge is 0.307 e. The van der Waals surface area contributed by atoms with Crippen molar-refractivity contribution >= 4 is 11.9 Å². The molecule has 1 amide bonds. The Hall–Kier alpha value is -2.18. The Kier molecular flexibility index (Phi) is 2.39. The third-order valence-corrected chi connectivity index (χ3v) is 3.71. The normalized spacial score (nSPS) is 32.7. The summed E-state index contributed by atoms with van der Waals surface area (Å²) in [6, 6.07) is 0. The number of carboxylic acids is 1. The highest BCUT2D eigenvalue weighted by Gasteiger charge is 2.51. The van der Waals surface area contributed by atoms with E-state index in [-0.39, 0.29) is 17.7 Å². The van der Waals surface area contributed by atoms with Crippen LogP contribution in [0.15, 0.2) is 24.8 Å². The van der Waals surface area contributed by atoms with Crippen LogP contribution in [0.25, 0.3) is 0 Å². The lowest BCUT2D eigenvalue weighted by Gasteiger charge is -2.23. The van der Waals surface area contributed by atoms with E-state index in [9.17, 15) is 14.7 Å². The minimum absolute atomic E-state index is 0.0209. The molecule has 1 fully saturated rings. The van der Waals surface area contributed by atoms with E-state index in [1.807, 2.05) is 12.2 Å². The van der Waals surface area contributed by atoms with Gasteiger partial charge in [-0.1, -0.05) is 12.2 Å². The molecular weight excluding hydrogens is 236 g/mol. The Balaban J connectivity index is 1.80. The number of carbonyl (C=O) groups is 2. The molecule has 0 radical (unpaired) electrons. The van der Waals surface area contributed by atoms with Gasteiger partial charge < -0.3 is 5.11 Å². The third-order valence-electron chi connectivity index (χ3n) is 3.71. The van der Waals surface area contributed by atoms with Gasteiger partial charge in [0.05, 0.1) is 11.8 Å². The number of aromatic nitrogens is 3. The number of hydrogen-bond acceptors (Lipinski definition) is 4. The van der Waals surface area contributed by atoms with Crippen LogP contribution in [-0.2, 0) is 9.59 Å². The van der Waals surface area contributed by atoms with E-state index in [2.05, 4.69) is 15.6 Å². The minimum atomic E-state index is -0.907. The largest absolute Gasteiger partial charge is 0.481 e. The molecule has 0 aliphatic heterocycles. The van der Waals surface area contributed by atoms with Crippen LogP contribution >= 0.6 is 0 Å². The van der Waals surface area contributed by atoms with Gasteiger partial charge in [0.1, 0.15) is 12.7 Å². The first-order valence-corrected chi connectivity index (χ1v) is 5.73. The summed E-state index contributed by atoms with van der Waals surface area (Å²) in [5.41, 5.74) is 2.59. The van der Waals surface area contributed by atoms with Gasteiger partial charge in [-0.2, -0.15) is 0 Å². The number of carboxylic acid groups (broad SMARTS) is 1. The van der Waals surface area contributed by atoms with Crippen molar-refractivity contribution < 1.29 is 14.7 Å². The van der Waals surface area contributed by atoms with Crippen molar-refractivity contribution in [2.75, 3.05) is 5.43 Å². The fourth-order valence-electron chi connectivity index (χ4n) is 2.98. The molecule has 1 aromatic heterocycles. The number of carbonyl (C=O) groups excluding carboxylic acids is 1. The van der Waals surface area contributed by atoms with Gasteiger partial charge in [0.25, 0.3) is 0 Å². The molecule has 0 spiro atoms. The van der Waals surface area contributed by atoms with E-state index in [0.717, 1.165) is 6.42 Å². The Labute approximate surface area is 102 Å². The number of hydrogen-bond donors (Lipinski definition) is 2. The molecule has 1 aromatic rings. The van der Waals surface area contributed by atoms with E-state index in [0.29, 0.717) is 0 Å². The highest BCUT2D eigenvalue weighted by molar-refractivity contribution is 5.91. The average Bonchev–Trinajstić information content (AvgIpc) is 3.03. The van der Waals surface area contributed by atoms with Crippen LogP contribution in [0, 0.1) is 23.7 Å². The predicted octanol–water partition coefficient (Wildman–Crippen LogP) is -0.129. The van der Waals surface area contributed by atoms with Crippen molar-refractivity contribution in [3.8, 4) is 0 Å². The molecule has 18 heavy (non-hydrogen) atoms. The topological polar surface area (TPSA) is 97.1 Å². The van der Waals surface area contributed by atoms with E-state index in [1.165, 1.54) is 17.3 Å². The van der Waals surface area contributed by atoms with E-state index in [1.54, 1.807) is 0 Å². The van der Waals surface area contributed by atoms with Gasteiger partial charge in [0.15, 0.2) is 0 Å². The molecule has 7 nitrogen and oxygen atoms in total. The van der Waals surface area contributed by atoms with E-state index < -0.39 is 17.8 Å². The summed E-state index contributed by atoms with van der Waals surface area (Å²) >= 11 is 0. The maximum absolute atomic E-state index is 12.1. The molecule has 2 aliphatic carbocycles. The summed E-state index contributed by atoms with van der Waals surface area (Å²) < 4.78 is 1.33. The van der Waals surface area contributed by atoms with Gasteiger partial charge >= 0.3 is 5.97 Å². The number of aliphatic carboxylic acids is 1. The number of rotatable bonds is 3. The molecule has 0 aromatic carbocycles. The molecule has 7 heteroatoms. The molecule has 2 aliphatic rings. The summed E-state index contributed by atoms with van der Waals surface area (Å²) in [7, 11) is 0. The third kappa shape index (κ3) is 1.59. The molecule has 2 bridgehead atoms. The molecular formula is C11H12N4O3. The predicted molar refractivity (Wildman–Crippen MR) is 59.7 cm³/mol. The second-order valence-electron chi connectivity index (χ2n) is 4.68. The van der Waals surface area contributed by atoms with Crippen LogP contribution in [0.3, 0.4) is 0 Å². The van der Waals surface area contributed by atoms with Crippen molar-refractivity contribution in [2.24, 2.45) is 23.7 Å². The lowest BCUT2D eigenvalue weighted by Crippen LogP contribution is -2.38. The maximum Gasteiger partial charge on any atom is 0.307 e. The lowest BCUT2D eigenvalue weighted by molar-refractivity contribution is -0.147. The summed E-state index contributed by atoms with van der Waals surface area (Å²) in [4.78, 5) is 23.4. The number of amides is 1. The fourth-order valence-corrected chi connectivity index (χ4v) is 2.98. The molecule has 0 saturated heterocycles. The van der Waals surface area contributed by atoms with E-state index in [4.69, 9.17) is 0 Å². The summed E-state index contributed by atoms with van der Waals surface area (Å²) in [6.45, 7) is 0. The van der Waals surface area contributed by atoms with Crippen molar-refractivity contribution in [1.29, 1.82) is 0 Å². The second-order valence-corrected chi connectivity index (χ2v) is 4.68. The molecule has 1 heterocycles. The molecule has 3 rings (SSSR count). The first kappa shape index (κ1) is 10.9. The zero-order valence-electron chi connectivity index (χ0n) is 9.43. The van der Waals surface area contributed by atoms with E-state index >= 15 is 0 Å². The van der Waals surface area contributed by atoms with Crippen LogP contribution in [0.2, 0.25) is 0 Å². The second kappa shape index (κ2) is 3.94. The lowest BCUT2D eigenvalue weighted by atomic mass is 9.82. The summed E-state index contributed by atoms with van der Waals surface area (Å²) in [5.74, 6) is -2.34. The summed E-state index contributed by atoms with van der Waals surface area (Å²) in [5, 5.41) is 16.4. The first-order chi connectivity index (χ1) is 8.66. The van der Waals surface area contributed by atoms with Gasteiger partial charge in [-0.15, -0.1) is 10.2 Å². The van der Waals surface area contributed by atoms with Crippen molar-refractivity contribution in [3.05, 3.63) is 24.8 Å². The molecule has 1 saturated carbocycles. The maximum atomic E-state index is 12.1. The van der Waals surface area contributed by atoms with Crippen LogP contribution in [-0.4, -0.2) is 31.9 Å². The summed E-state index contributed by atoms with van der Waals surface area (Å²) in [6.07, 6.45) is 7.32. The van der Waals surface area contributed by atoms with Gasteiger partial charge in [-0.25, -0.2) is 4.68 Å². The van der Waals surface area contributed by atoms with Gasteiger partial charge in [0, 0.05) is 0 Å². The standard InChI is InChI=1S/C11H12N4O3/c16-10(14-15-4-12-13-5-15)8-6-1-2-7(3-6)9(8)11(17)18/h1-2,4-9H,3H2,(H,14,16)(H,17,18)/t6-,7+,8+,9+/m1/s1. The van der Waals surface area contributed by atoms with Gasteiger partial charge in [0.2, 0.25) is 5.91 Å². The van der Waals surface area contributed by atoms with Crippen molar-refractivity contribution in [1.82, 2.24) is 14.9 Å². The number of nitrogens with zero attached hydrogens (tertiary/aromatic N) is 3.